The molecule has 86 valence electrons. The third kappa shape index (κ3) is 2.48. The lowest BCUT2D eigenvalue weighted by Gasteiger charge is -2.04. The Morgan fingerprint density at radius 2 is 1.65 bits per heavy atom. The zero-order valence-corrected chi connectivity index (χ0v) is 10.2. The maximum atomic E-state index is 12.1. The summed E-state index contributed by atoms with van der Waals surface area (Å²) in [7, 11) is 0. The Morgan fingerprint density at radius 1 is 1.06 bits per heavy atom. The summed E-state index contributed by atoms with van der Waals surface area (Å²) in [5, 5.41) is 0.666. The fraction of sp³-hybridized carbons (Fsp3) is 0.0714. The van der Waals surface area contributed by atoms with Gasteiger partial charge in [-0.1, -0.05) is 11.6 Å². The molecule has 2 nitrogen and oxygen atoms in total. The van der Waals surface area contributed by atoms with Crippen molar-refractivity contribution in [3.05, 3.63) is 64.2 Å². The Balaban J connectivity index is 2.37. The third-order valence-electron chi connectivity index (χ3n) is 2.59. The van der Waals surface area contributed by atoms with E-state index in [1.165, 1.54) is 0 Å². The number of carbonyl (C=O) groups excluding carboxylic acids is 1. The molecular formula is C14H12ClNO. The molecule has 0 aliphatic carbocycles. The van der Waals surface area contributed by atoms with Gasteiger partial charge in [0.1, 0.15) is 0 Å². The molecule has 0 bridgehead atoms. The molecule has 0 saturated carbocycles. The van der Waals surface area contributed by atoms with Crippen LogP contribution in [-0.2, 0) is 0 Å². The number of hydrogen-bond donors (Lipinski definition) is 1. The van der Waals surface area contributed by atoms with Crippen LogP contribution in [0.1, 0.15) is 21.5 Å². The highest BCUT2D eigenvalue weighted by Crippen LogP contribution is 2.19. The number of rotatable bonds is 2. The molecule has 0 saturated heterocycles. The molecule has 3 heteroatoms. The zero-order chi connectivity index (χ0) is 12.4. The van der Waals surface area contributed by atoms with Crippen LogP contribution < -0.4 is 5.73 Å². The minimum atomic E-state index is -0.0234. The van der Waals surface area contributed by atoms with E-state index in [0.717, 1.165) is 5.56 Å². The summed E-state index contributed by atoms with van der Waals surface area (Å²) in [6.45, 7) is 1.88. The van der Waals surface area contributed by atoms with Crippen molar-refractivity contribution in [2.45, 2.75) is 6.92 Å². The molecule has 0 radical (unpaired) electrons. The second-order valence-electron chi connectivity index (χ2n) is 3.92. The summed E-state index contributed by atoms with van der Waals surface area (Å²) in [6, 6.07) is 12.1. The maximum absolute atomic E-state index is 12.1. The molecule has 2 aromatic carbocycles. The average Bonchev–Trinajstić information content (AvgIpc) is 2.33. The highest BCUT2D eigenvalue weighted by atomic mass is 35.5. The van der Waals surface area contributed by atoms with E-state index in [1.807, 2.05) is 6.92 Å². The molecule has 2 N–H and O–H groups in total. The summed E-state index contributed by atoms with van der Waals surface area (Å²) >= 11 is 5.92. The van der Waals surface area contributed by atoms with Crippen molar-refractivity contribution in [2.75, 3.05) is 5.73 Å². The first-order valence-corrected chi connectivity index (χ1v) is 5.62. The minimum absolute atomic E-state index is 0.0234. The molecule has 0 atom stereocenters. The van der Waals surface area contributed by atoms with Crippen LogP contribution in [0.3, 0.4) is 0 Å². The highest BCUT2D eigenvalue weighted by Gasteiger charge is 2.09. The second kappa shape index (κ2) is 4.60. The third-order valence-corrected chi connectivity index (χ3v) is 3.02. The molecular weight excluding hydrogens is 234 g/mol. The van der Waals surface area contributed by atoms with Crippen LogP contribution in [-0.4, -0.2) is 5.78 Å². The van der Waals surface area contributed by atoms with Crippen LogP contribution in [0.4, 0.5) is 5.69 Å². The lowest BCUT2D eigenvalue weighted by Crippen LogP contribution is -2.01. The standard InChI is InChI=1S/C14H12ClNO/c1-9-8-11(4-7-13(9)15)14(17)10-2-5-12(16)6-3-10/h2-8H,16H2,1H3. The van der Waals surface area contributed by atoms with E-state index in [9.17, 15) is 4.79 Å². The molecule has 2 rings (SSSR count). The molecule has 0 aliphatic rings. The van der Waals surface area contributed by atoms with Gasteiger partial charge in [0.2, 0.25) is 0 Å². The largest absolute Gasteiger partial charge is 0.399 e. The van der Waals surface area contributed by atoms with Gasteiger partial charge in [0, 0.05) is 21.8 Å². The number of nitrogen functional groups attached to an aromatic ring is 1. The Morgan fingerprint density at radius 3 is 2.24 bits per heavy atom. The van der Waals surface area contributed by atoms with Gasteiger partial charge in [0.05, 0.1) is 0 Å². The zero-order valence-electron chi connectivity index (χ0n) is 9.41. The van der Waals surface area contributed by atoms with E-state index in [1.54, 1.807) is 42.5 Å². The van der Waals surface area contributed by atoms with E-state index in [0.29, 0.717) is 21.8 Å². The van der Waals surface area contributed by atoms with Gasteiger partial charge >= 0.3 is 0 Å². The van der Waals surface area contributed by atoms with E-state index in [4.69, 9.17) is 17.3 Å². The second-order valence-corrected chi connectivity index (χ2v) is 4.32. The predicted octanol–water partition coefficient (Wildman–Crippen LogP) is 3.46. The number of halogens is 1. The molecule has 0 amide bonds. The van der Waals surface area contributed by atoms with Gasteiger partial charge in [-0.3, -0.25) is 4.79 Å². The van der Waals surface area contributed by atoms with Gasteiger partial charge in [-0.05, 0) is 55.0 Å². The van der Waals surface area contributed by atoms with Crippen molar-refractivity contribution in [1.82, 2.24) is 0 Å². The van der Waals surface area contributed by atoms with E-state index >= 15 is 0 Å². The van der Waals surface area contributed by atoms with E-state index in [2.05, 4.69) is 0 Å². The first kappa shape index (κ1) is 11.7. The van der Waals surface area contributed by atoms with Gasteiger partial charge in [0.15, 0.2) is 5.78 Å². The van der Waals surface area contributed by atoms with Gasteiger partial charge in [-0.15, -0.1) is 0 Å². The van der Waals surface area contributed by atoms with E-state index in [-0.39, 0.29) is 5.78 Å². The topological polar surface area (TPSA) is 43.1 Å². The monoisotopic (exact) mass is 245 g/mol. The number of ketones is 1. The number of aryl methyl sites for hydroxylation is 1. The fourth-order valence-corrected chi connectivity index (χ4v) is 1.70. The lowest BCUT2D eigenvalue weighted by atomic mass is 10.0. The lowest BCUT2D eigenvalue weighted by molar-refractivity contribution is 0.103. The van der Waals surface area contributed by atoms with Crippen molar-refractivity contribution in [3.8, 4) is 0 Å². The van der Waals surface area contributed by atoms with Crippen LogP contribution in [0.25, 0.3) is 0 Å². The fourth-order valence-electron chi connectivity index (χ4n) is 1.59. The van der Waals surface area contributed by atoms with Crippen LogP contribution in [0, 0.1) is 6.92 Å². The average molecular weight is 246 g/mol. The first-order valence-electron chi connectivity index (χ1n) is 5.24. The predicted molar refractivity (Wildman–Crippen MR) is 70.5 cm³/mol. The number of anilines is 1. The normalized spacial score (nSPS) is 10.2. The quantitative estimate of drug-likeness (QED) is 0.650. The van der Waals surface area contributed by atoms with Crippen LogP contribution >= 0.6 is 11.6 Å². The van der Waals surface area contributed by atoms with Gasteiger partial charge in [-0.2, -0.15) is 0 Å². The Kier molecular flexibility index (Phi) is 3.16. The van der Waals surface area contributed by atoms with Gasteiger partial charge in [-0.25, -0.2) is 0 Å². The Hall–Kier alpha value is -1.80. The van der Waals surface area contributed by atoms with Crippen molar-refractivity contribution >= 4 is 23.1 Å². The molecule has 0 heterocycles. The van der Waals surface area contributed by atoms with Crippen molar-refractivity contribution in [3.63, 3.8) is 0 Å². The highest BCUT2D eigenvalue weighted by molar-refractivity contribution is 6.31. The molecule has 2 aromatic rings. The van der Waals surface area contributed by atoms with Crippen molar-refractivity contribution in [1.29, 1.82) is 0 Å². The molecule has 0 unspecified atom stereocenters. The first-order chi connectivity index (χ1) is 8.08. The Bertz CT molecular complexity index is 561. The maximum Gasteiger partial charge on any atom is 0.193 e. The van der Waals surface area contributed by atoms with Gasteiger partial charge < -0.3 is 5.73 Å². The number of carbonyl (C=O) groups is 1. The van der Waals surface area contributed by atoms with Gasteiger partial charge in [0.25, 0.3) is 0 Å². The van der Waals surface area contributed by atoms with E-state index < -0.39 is 0 Å². The van der Waals surface area contributed by atoms with Crippen LogP contribution in [0.5, 0.6) is 0 Å². The Labute approximate surface area is 105 Å². The van der Waals surface area contributed by atoms with Crippen molar-refractivity contribution < 1.29 is 4.79 Å². The summed E-state index contributed by atoms with van der Waals surface area (Å²) in [6.07, 6.45) is 0. The number of benzene rings is 2. The molecule has 17 heavy (non-hydrogen) atoms. The molecule has 0 spiro atoms. The minimum Gasteiger partial charge on any atom is -0.399 e. The smallest absolute Gasteiger partial charge is 0.193 e. The molecule has 0 fully saturated rings. The molecule has 0 aliphatic heterocycles. The summed E-state index contributed by atoms with van der Waals surface area (Å²) in [4.78, 5) is 12.1. The molecule has 0 aromatic heterocycles. The SMILES string of the molecule is Cc1cc(C(=O)c2ccc(N)cc2)ccc1Cl. The summed E-state index contributed by atoms with van der Waals surface area (Å²) in [5.74, 6) is -0.0234. The number of hydrogen-bond acceptors (Lipinski definition) is 2. The van der Waals surface area contributed by atoms with Crippen LogP contribution in [0.15, 0.2) is 42.5 Å². The van der Waals surface area contributed by atoms with Crippen LogP contribution in [0.2, 0.25) is 5.02 Å². The number of nitrogens with two attached hydrogens (primary N) is 1. The summed E-state index contributed by atoms with van der Waals surface area (Å²) < 4.78 is 0. The van der Waals surface area contributed by atoms with Crippen molar-refractivity contribution in [2.24, 2.45) is 0 Å². The summed E-state index contributed by atoms with van der Waals surface area (Å²) in [5.41, 5.74) is 8.39.